The van der Waals surface area contributed by atoms with Crippen molar-refractivity contribution in [2.24, 2.45) is 0 Å². The molecule has 1 amide bonds. The van der Waals surface area contributed by atoms with Crippen molar-refractivity contribution in [3.8, 4) is 5.75 Å². The number of furan rings is 1. The third kappa shape index (κ3) is 4.36. The summed E-state index contributed by atoms with van der Waals surface area (Å²) in [5, 5.41) is 2.88. The monoisotopic (exact) mass is 302 g/mol. The topological polar surface area (TPSA) is 54.7 Å². The normalized spacial score (nSPS) is 12.2. The van der Waals surface area contributed by atoms with Crippen LogP contribution in [-0.4, -0.2) is 38.1 Å². The first kappa shape index (κ1) is 16.1. The van der Waals surface area contributed by atoms with Crippen molar-refractivity contribution >= 4 is 5.91 Å². The predicted octanol–water partition coefficient (Wildman–Crippen LogP) is 2.39. The zero-order valence-electron chi connectivity index (χ0n) is 13.2. The minimum absolute atomic E-state index is 0.00240. The Kier molecular flexibility index (Phi) is 5.61. The van der Waals surface area contributed by atoms with Gasteiger partial charge in [-0.2, -0.15) is 0 Å². The van der Waals surface area contributed by atoms with Crippen LogP contribution < -0.4 is 10.1 Å². The fourth-order valence-corrected chi connectivity index (χ4v) is 2.14. The van der Waals surface area contributed by atoms with E-state index in [9.17, 15) is 4.79 Å². The molecule has 1 heterocycles. The molecule has 0 saturated heterocycles. The van der Waals surface area contributed by atoms with E-state index in [1.54, 1.807) is 6.26 Å². The van der Waals surface area contributed by atoms with E-state index in [0.717, 1.165) is 17.1 Å². The van der Waals surface area contributed by atoms with Gasteiger partial charge in [-0.3, -0.25) is 9.69 Å². The fourth-order valence-electron chi connectivity index (χ4n) is 2.14. The summed E-state index contributed by atoms with van der Waals surface area (Å²) >= 11 is 0. The van der Waals surface area contributed by atoms with Crippen molar-refractivity contribution in [1.82, 2.24) is 10.2 Å². The number of nitrogens with zero attached hydrogens (tertiary/aromatic N) is 1. The maximum Gasteiger partial charge on any atom is 0.258 e. The number of carbonyl (C=O) groups excluding carboxylic acids is 1. The summed E-state index contributed by atoms with van der Waals surface area (Å²) in [6.07, 6.45) is 1.63. The van der Waals surface area contributed by atoms with E-state index in [0.29, 0.717) is 6.54 Å². The lowest BCUT2D eigenvalue weighted by atomic mass is 10.2. The highest BCUT2D eigenvalue weighted by Gasteiger charge is 2.17. The van der Waals surface area contributed by atoms with Gasteiger partial charge in [0.1, 0.15) is 11.5 Å². The Balaban J connectivity index is 1.83. The molecule has 22 heavy (non-hydrogen) atoms. The smallest absolute Gasteiger partial charge is 0.258 e. The number of para-hydroxylation sites is 1. The molecule has 0 saturated carbocycles. The quantitative estimate of drug-likeness (QED) is 0.853. The van der Waals surface area contributed by atoms with E-state index < -0.39 is 0 Å². The number of hydrogen-bond donors (Lipinski definition) is 1. The van der Waals surface area contributed by atoms with E-state index in [1.807, 2.05) is 62.3 Å². The van der Waals surface area contributed by atoms with Crippen LogP contribution in [-0.2, 0) is 4.79 Å². The first-order chi connectivity index (χ1) is 10.6. The highest BCUT2D eigenvalue weighted by atomic mass is 16.5. The molecule has 2 rings (SSSR count). The minimum Gasteiger partial charge on any atom is -0.484 e. The average Bonchev–Trinajstić information content (AvgIpc) is 3.00. The zero-order valence-corrected chi connectivity index (χ0v) is 13.2. The largest absolute Gasteiger partial charge is 0.484 e. The van der Waals surface area contributed by atoms with Gasteiger partial charge >= 0.3 is 0 Å². The van der Waals surface area contributed by atoms with E-state index >= 15 is 0 Å². The van der Waals surface area contributed by atoms with Crippen LogP contribution in [0.4, 0.5) is 0 Å². The molecule has 1 aromatic carbocycles. The number of carbonyl (C=O) groups is 1. The van der Waals surface area contributed by atoms with Crippen LogP contribution in [0.2, 0.25) is 0 Å². The Labute approximate surface area is 130 Å². The maximum atomic E-state index is 11.9. The number of likely N-dealkylation sites (N-methyl/N-ethyl adjacent to an activating group) is 1. The molecular weight excluding hydrogens is 280 g/mol. The van der Waals surface area contributed by atoms with Crippen LogP contribution in [0.15, 0.2) is 47.1 Å². The van der Waals surface area contributed by atoms with E-state index in [1.165, 1.54) is 0 Å². The van der Waals surface area contributed by atoms with Crippen LogP contribution in [0.3, 0.4) is 0 Å². The lowest BCUT2D eigenvalue weighted by Gasteiger charge is -2.22. The molecule has 0 radical (unpaired) electrons. The molecule has 5 heteroatoms. The summed E-state index contributed by atoms with van der Waals surface area (Å²) in [6.45, 7) is 2.42. The van der Waals surface area contributed by atoms with Crippen LogP contribution in [0.25, 0.3) is 0 Å². The zero-order chi connectivity index (χ0) is 15.9. The molecule has 2 aromatic rings. The Morgan fingerprint density at radius 1 is 1.27 bits per heavy atom. The van der Waals surface area contributed by atoms with E-state index in [2.05, 4.69) is 5.32 Å². The molecule has 0 aliphatic carbocycles. The molecular formula is C17H22N2O3. The predicted molar refractivity (Wildman–Crippen MR) is 84.8 cm³/mol. The van der Waals surface area contributed by atoms with Crippen LogP contribution in [0.1, 0.15) is 17.4 Å². The molecule has 0 fully saturated rings. The van der Waals surface area contributed by atoms with Gasteiger partial charge < -0.3 is 14.5 Å². The Morgan fingerprint density at radius 2 is 2.05 bits per heavy atom. The standard InChI is InChI=1S/C17H22N2O3/c1-13-7-4-5-8-15(13)22-12-17(20)18-11-14(19(2)3)16-9-6-10-21-16/h4-10,14H,11-12H2,1-3H3,(H,18,20)/t14-/m1/s1. The second-order valence-electron chi connectivity index (χ2n) is 5.35. The lowest BCUT2D eigenvalue weighted by molar-refractivity contribution is -0.123. The fraction of sp³-hybridized carbons (Fsp3) is 0.353. The molecule has 0 aliphatic heterocycles. The number of aryl methyl sites for hydroxylation is 1. The SMILES string of the molecule is Cc1ccccc1OCC(=O)NC[C@H](c1ccco1)N(C)C. The molecule has 0 spiro atoms. The number of benzene rings is 1. The summed E-state index contributed by atoms with van der Waals surface area (Å²) in [6, 6.07) is 11.4. The second kappa shape index (κ2) is 7.66. The van der Waals surface area contributed by atoms with Gasteiger partial charge in [0.25, 0.3) is 5.91 Å². The van der Waals surface area contributed by atoms with Crippen LogP contribution in [0, 0.1) is 6.92 Å². The highest BCUT2D eigenvalue weighted by molar-refractivity contribution is 5.77. The third-order valence-corrected chi connectivity index (χ3v) is 3.44. The van der Waals surface area contributed by atoms with Crippen LogP contribution >= 0.6 is 0 Å². The number of hydrogen-bond acceptors (Lipinski definition) is 4. The average molecular weight is 302 g/mol. The number of nitrogens with one attached hydrogen (secondary N) is 1. The molecule has 1 N–H and O–H groups in total. The van der Waals surface area contributed by atoms with Gasteiger partial charge in [0.2, 0.25) is 0 Å². The molecule has 0 aliphatic rings. The first-order valence-electron chi connectivity index (χ1n) is 7.23. The summed E-state index contributed by atoms with van der Waals surface area (Å²) < 4.78 is 10.9. The van der Waals surface area contributed by atoms with Crippen molar-refractivity contribution in [3.05, 3.63) is 54.0 Å². The van der Waals surface area contributed by atoms with Gasteiger partial charge in [0.15, 0.2) is 6.61 Å². The summed E-state index contributed by atoms with van der Waals surface area (Å²) in [5.74, 6) is 1.40. The third-order valence-electron chi connectivity index (χ3n) is 3.44. The molecule has 5 nitrogen and oxygen atoms in total. The molecule has 0 bridgehead atoms. The van der Waals surface area contributed by atoms with Crippen molar-refractivity contribution in [3.63, 3.8) is 0 Å². The number of ether oxygens (including phenoxy) is 1. The van der Waals surface area contributed by atoms with Crippen molar-refractivity contribution in [2.75, 3.05) is 27.2 Å². The lowest BCUT2D eigenvalue weighted by Crippen LogP contribution is -2.36. The molecule has 118 valence electrons. The van der Waals surface area contributed by atoms with Crippen molar-refractivity contribution in [2.45, 2.75) is 13.0 Å². The highest BCUT2D eigenvalue weighted by Crippen LogP contribution is 2.18. The summed E-state index contributed by atoms with van der Waals surface area (Å²) in [4.78, 5) is 13.9. The molecule has 1 atom stereocenters. The number of amides is 1. The first-order valence-corrected chi connectivity index (χ1v) is 7.23. The molecule has 1 aromatic heterocycles. The maximum absolute atomic E-state index is 11.9. The van der Waals surface area contributed by atoms with Crippen molar-refractivity contribution in [1.29, 1.82) is 0 Å². The van der Waals surface area contributed by atoms with E-state index in [-0.39, 0.29) is 18.6 Å². The number of rotatable bonds is 7. The van der Waals surface area contributed by atoms with Gasteiger partial charge in [0.05, 0.1) is 12.3 Å². The summed E-state index contributed by atoms with van der Waals surface area (Å²) in [5.41, 5.74) is 1.01. The van der Waals surface area contributed by atoms with Crippen molar-refractivity contribution < 1.29 is 13.9 Å². The Bertz CT molecular complexity index is 594. The summed E-state index contributed by atoms with van der Waals surface area (Å²) in [7, 11) is 3.90. The Hall–Kier alpha value is -2.27. The van der Waals surface area contributed by atoms with Crippen LogP contribution in [0.5, 0.6) is 5.75 Å². The van der Waals surface area contributed by atoms with E-state index in [4.69, 9.17) is 9.15 Å². The molecule has 0 unspecified atom stereocenters. The van der Waals surface area contributed by atoms with Gasteiger partial charge in [-0.05, 0) is 44.8 Å². The van der Waals surface area contributed by atoms with Gasteiger partial charge in [0, 0.05) is 6.54 Å². The van der Waals surface area contributed by atoms with Gasteiger partial charge in [-0.25, -0.2) is 0 Å². The van der Waals surface area contributed by atoms with Gasteiger partial charge in [-0.15, -0.1) is 0 Å². The Morgan fingerprint density at radius 3 is 2.68 bits per heavy atom. The minimum atomic E-state index is -0.151. The van der Waals surface area contributed by atoms with Gasteiger partial charge in [-0.1, -0.05) is 18.2 Å². The second-order valence-corrected chi connectivity index (χ2v) is 5.35.